The Labute approximate surface area is 217 Å². The Balaban J connectivity index is 1.74. The predicted octanol–water partition coefficient (Wildman–Crippen LogP) is 5.55. The average Bonchev–Trinajstić information content (AvgIpc) is 2.76. The molecule has 36 heavy (non-hydrogen) atoms. The van der Waals surface area contributed by atoms with Crippen LogP contribution in [0.25, 0.3) is 0 Å². The summed E-state index contributed by atoms with van der Waals surface area (Å²) in [7, 11) is 0. The van der Waals surface area contributed by atoms with Crippen LogP contribution in [-0.4, -0.2) is 34.2 Å². The summed E-state index contributed by atoms with van der Waals surface area (Å²) in [6.07, 6.45) is 1.93. The van der Waals surface area contributed by atoms with E-state index in [1.807, 2.05) is 6.92 Å². The van der Waals surface area contributed by atoms with Crippen LogP contribution in [-0.2, 0) is 0 Å². The lowest BCUT2D eigenvalue weighted by atomic mass is 9.62. The molecule has 10 nitrogen and oxygen atoms in total. The zero-order valence-electron chi connectivity index (χ0n) is 20.0. The Hall–Kier alpha value is -3.24. The van der Waals surface area contributed by atoms with E-state index < -0.39 is 27.1 Å². The maximum Gasteiger partial charge on any atom is 0.270 e. The van der Waals surface area contributed by atoms with E-state index in [1.54, 1.807) is 0 Å². The fourth-order valence-corrected chi connectivity index (χ4v) is 5.53. The molecule has 0 bridgehead atoms. The second kappa shape index (κ2) is 10.4. The van der Waals surface area contributed by atoms with E-state index in [1.165, 1.54) is 24.3 Å². The third kappa shape index (κ3) is 6.50. The molecule has 1 aliphatic carbocycles. The second-order valence-corrected chi connectivity index (χ2v) is 11.1. The van der Waals surface area contributed by atoms with Crippen molar-refractivity contribution in [3.63, 3.8) is 0 Å². The van der Waals surface area contributed by atoms with Gasteiger partial charge in [0.05, 0.1) is 31.0 Å². The van der Waals surface area contributed by atoms with Gasteiger partial charge in [-0.3, -0.25) is 29.8 Å². The lowest BCUT2D eigenvalue weighted by Crippen LogP contribution is -2.50. The molecular weight excluding hydrogens is 511 g/mol. The molecule has 2 N–H and O–H groups in total. The minimum atomic E-state index is -0.598. The van der Waals surface area contributed by atoms with Crippen molar-refractivity contribution in [3.8, 4) is 0 Å². The number of nitro benzene ring substituents is 2. The predicted molar refractivity (Wildman–Crippen MR) is 136 cm³/mol. The molecule has 2 atom stereocenters. The summed E-state index contributed by atoms with van der Waals surface area (Å²) in [6.45, 7) is 6.35. The second-order valence-electron chi connectivity index (χ2n) is 10.3. The fraction of sp³-hybridized carbons (Fsp3) is 0.417. The highest BCUT2D eigenvalue weighted by Gasteiger charge is 2.42. The van der Waals surface area contributed by atoms with Crippen molar-refractivity contribution in [2.45, 2.75) is 46.1 Å². The molecule has 1 fully saturated rings. The zero-order valence-corrected chi connectivity index (χ0v) is 21.5. The van der Waals surface area contributed by atoms with Crippen molar-refractivity contribution < 1.29 is 19.4 Å². The first-order valence-electron chi connectivity index (χ1n) is 11.2. The molecule has 2 amide bonds. The molecule has 2 unspecified atom stereocenters. The summed E-state index contributed by atoms with van der Waals surface area (Å²) in [5.74, 6) is -1.04. The molecule has 12 heteroatoms. The molecule has 0 aromatic heterocycles. The number of amides is 2. The van der Waals surface area contributed by atoms with Crippen LogP contribution in [0, 0.1) is 31.1 Å². The Bertz CT molecular complexity index is 1240. The number of nitrogens with one attached hydrogen (secondary N) is 2. The quantitative estimate of drug-likeness (QED) is 0.350. The molecule has 0 spiro atoms. The van der Waals surface area contributed by atoms with E-state index in [9.17, 15) is 29.8 Å². The molecule has 192 valence electrons. The first kappa shape index (κ1) is 27.3. The van der Waals surface area contributed by atoms with Gasteiger partial charge in [0, 0.05) is 36.9 Å². The Morgan fingerprint density at radius 1 is 0.917 bits per heavy atom. The monoisotopic (exact) mass is 536 g/mol. The van der Waals surface area contributed by atoms with Crippen molar-refractivity contribution >= 4 is 46.4 Å². The van der Waals surface area contributed by atoms with Crippen molar-refractivity contribution in [1.82, 2.24) is 10.6 Å². The average molecular weight is 537 g/mol. The van der Waals surface area contributed by atoms with Crippen LogP contribution in [0.5, 0.6) is 0 Å². The van der Waals surface area contributed by atoms with Crippen LogP contribution < -0.4 is 10.6 Å². The smallest absolute Gasteiger partial charge is 0.270 e. The molecule has 1 aliphatic rings. The maximum absolute atomic E-state index is 12.9. The highest BCUT2D eigenvalue weighted by atomic mass is 35.5. The lowest BCUT2D eigenvalue weighted by molar-refractivity contribution is -0.385. The van der Waals surface area contributed by atoms with Crippen LogP contribution in [0.2, 0.25) is 10.0 Å². The third-order valence-corrected chi connectivity index (χ3v) is 6.92. The van der Waals surface area contributed by atoms with E-state index in [0.29, 0.717) is 12.8 Å². The van der Waals surface area contributed by atoms with Crippen molar-refractivity contribution in [1.29, 1.82) is 0 Å². The summed E-state index contributed by atoms with van der Waals surface area (Å²) in [4.78, 5) is 46.7. The lowest BCUT2D eigenvalue weighted by Gasteiger charge is -2.47. The molecule has 0 saturated heterocycles. The minimum Gasteiger partial charge on any atom is -0.351 e. The van der Waals surface area contributed by atoms with E-state index in [4.69, 9.17) is 23.2 Å². The number of hydrogen-bond donors (Lipinski definition) is 2. The molecule has 0 aliphatic heterocycles. The van der Waals surface area contributed by atoms with Crippen LogP contribution in [0.3, 0.4) is 0 Å². The van der Waals surface area contributed by atoms with Crippen molar-refractivity contribution in [3.05, 3.63) is 77.8 Å². The molecular formula is C24H26Cl2N4O6. The SMILES string of the molecule is CC1(C)CC(NC(=O)c2cc([N+](=O)[O-])ccc2Cl)CC(C)(CNC(=O)c2cc([N+](=O)[O-])ccc2Cl)C1. The van der Waals surface area contributed by atoms with Gasteiger partial charge in [0.15, 0.2) is 0 Å². The molecule has 2 aromatic rings. The number of halogens is 2. The largest absolute Gasteiger partial charge is 0.351 e. The van der Waals surface area contributed by atoms with E-state index in [0.717, 1.165) is 18.6 Å². The highest BCUT2D eigenvalue weighted by Crippen LogP contribution is 2.46. The van der Waals surface area contributed by atoms with Gasteiger partial charge in [-0.25, -0.2) is 0 Å². The summed E-state index contributed by atoms with van der Waals surface area (Å²) in [5, 5.41) is 28.2. The number of benzene rings is 2. The van der Waals surface area contributed by atoms with Gasteiger partial charge < -0.3 is 10.6 Å². The Morgan fingerprint density at radius 2 is 1.42 bits per heavy atom. The number of carbonyl (C=O) groups excluding carboxylic acids is 2. The number of hydrogen-bond acceptors (Lipinski definition) is 6. The van der Waals surface area contributed by atoms with Crippen LogP contribution in [0.1, 0.15) is 60.7 Å². The molecule has 0 heterocycles. The van der Waals surface area contributed by atoms with E-state index >= 15 is 0 Å². The number of carbonyl (C=O) groups is 2. The van der Waals surface area contributed by atoms with Gasteiger partial charge in [-0.2, -0.15) is 0 Å². The third-order valence-electron chi connectivity index (χ3n) is 6.27. The summed E-state index contributed by atoms with van der Waals surface area (Å²) in [6, 6.07) is 7.09. The minimum absolute atomic E-state index is 0.00898. The Morgan fingerprint density at radius 3 is 1.92 bits per heavy atom. The van der Waals surface area contributed by atoms with E-state index in [-0.39, 0.29) is 50.5 Å². The molecule has 3 rings (SSSR count). The molecule has 1 saturated carbocycles. The van der Waals surface area contributed by atoms with Gasteiger partial charge in [-0.05, 0) is 42.2 Å². The van der Waals surface area contributed by atoms with Gasteiger partial charge >= 0.3 is 0 Å². The number of rotatable bonds is 7. The van der Waals surface area contributed by atoms with Crippen LogP contribution in [0.15, 0.2) is 36.4 Å². The first-order chi connectivity index (χ1) is 16.7. The van der Waals surface area contributed by atoms with Crippen LogP contribution in [0.4, 0.5) is 11.4 Å². The normalized spacial score (nSPS) is 20.9. The number of nitrogens with zero attached hydrogens (tertiary/aromatic N) is 2. The summed E-state index contributed by atoms with van der Waals surface area (Å²) >= 11 is 12.2. The van der Waals surface area contributed by atoms with Gasteiger partial charge in [0.25, 0.3) is 23.2 Å². The number of non-ortho nitro benzene ring substituents is 2. The van der Waals surface area contributed by atoms with Gasteiger partial charge in [-0.1, -0.05) is 44.0 Å². The van der Waals surface area contributed by atoms with E-state index in [2.05, 4.69) is 24.5 Å². The first-order valence-corrected chi connectivity index (χ1v) is 11.9. The topological polar surface area (TPSA) is 144 Å². The zero-order chi connectivity index (χ0) is 26.8. The van der Waals surface area contributed by atoms with Crippen molar-refractivity contribution in [2.24, 2.45) is 10.8 Å². The molecule has 0 radical (unpaired) electrons. The Kier molecular flexibility index (Phi) is 7.90. The van der Waals surface area contributed by atoms with Crippen molar-refractivity contribution in [2.75, 3.05) is 6.54 Å². The highest BCUT2D eigenvalue weighted by molar-refractivity contribution is 6.34. The standard InChI is InChI=1S/C24H26Cl2N4O6/c1-23(2)10-14(28-22(32)18-9-16(30(35)36)5-7-20(18)26)11-24(3,12-23)13-27-21(31)17-8-15(29(33)34)4-6-19(17)25/h4-9,14H,10-13H2,1-3H3,(H,27,31)(H,28,32). The van der Waals surface area contributed by atoms with Gasteiger partial charge in [-0.15, -0.1) is 0 Å². The van der Waals surface area contributed by atoms with Crippen LogP contribution >= 0.6 is 23.2 Å². The summed E-state index contributed by atoms with van der Waals surface area (Å²) < 4.78 is 0. The fourth-order valence-electron chi connectivity index (χ4n) is 5.12. The van der Waals surface area contributed by atoms with Gasteiger partial charge in [0.2, 0.25) is 0 Å². The maximum atomic E-state index is 12.9. The summed E-state index contributed by atoms with van der Waals surface area (Å²) in [5.41, 5.74) is -1.06. The van der Waals surface area contributed by atoms with Gasteiger partial charge in [0.1, 0.15) is 0 Å². The molecule has 2 aromatic carbocycles. The number of nitro groups is 2.